The number of carbonyl (C=O) groups is 3. The Bertz CT molecular complexity index is 1520. The van der Waals surface area contributed by atoms with Gasteiger partial charge in [0.1, 0.15) is 18.2 Å². The molecule has 43 heavy (non-hydrogen) atoms. The molecule has 0 fully saturated rings. The smallest absolute Gasteiger partial charge is 0.473 e. The molecule has 2 amide bonds. The molecule has 0 aliphatic rings. The lowest BCUT2D eigenvalue weighted by Crippen LogP contribution is -2.55. The van der Waals surface area contributed by atoms with Crippen LogP contribution < -0.4 is 15.4 Å². The maximum atomic E-state index is 14.1. The van der Waals surface area contributed by atoms with Crippen molar-refractivity contribution in [3.05, 3.63) is 64.4 Å². The monoisotopic (exact) mass is 628 g/mol. The van der Waals surface area contributed by atoms with Crippen LogP contribution in [0.1, 0.15) is 40.5 Å². The molecule has 1 unspecified atom stereocenters. The summed E-state index contributed by atoms with van der Waals surface area (Å²) in [6.45, 7) is 10.3. The van der Waals surface area contributed by atoms with Gasteiger partial charge in [0.25, 0.3) is 5.91 Å². The number of alkyl halides is 3. The van der Waals surface area contributed by atoms with Gasteiger partial charge < -0.3 is 20.1 Å². The summed E-state index contributed by atoms with van der Waals surface area (Å²) in [6, 6.07) is 7.32. The number of benzene rings is 1. The molecule has 3 rings (SSSR count). The zero-order chi connectivity index (χ0) is 32.3. The fourth-order valence-electron chi connectivity index (χ4n) is 4.18. The molecule has 3 aromatic rings. The third-order valence-electron chi connectivity index (χ3n) is 6.56. The van der Waals surface area contributed by atoms with Crippen molar-refractivity contribution in [3.63, 3.8) is 0 Å². The molecule has 2 N–H and O–H groups in total. The molecule has 1 aromatic carbocycles. The number of amides is 2. The predicted octanol–water partition coefficient (Wildman–Crippen LogP) is 5.84. The second kappa shape index (κ2) is 12.7. The van der Waals surface area contributed by atoms with Crippen molar-refractivity contribution in [3.8, 4) is 5.88 Å². The maximum absolute atomic E-state index is 14.1. The zero-order valence-corrected chi connectivity index (χ0v) is 25.5. The molecule has 234 valence electrons. The van der Waals surface area contributed by atoms with Gasteiger partial charge in [-0.1, -0.05) is 31.8 Å². The number of ether oxygens (including phenoxy) is 2. The van der Waals surface area contributed by atoms with Gasteiger partial charge in [-0.25, -0.2) is 18.4 Å². The van der Waals surface area contributed by atoms with Crippen molar-refractivity contribution >= 4 is 31.6 Å². The third-order valence-corrected chi connectivity index (χ3v) is 8.31. The van der Waals surface area contributed by atoms with Crippen molar-refractivity contribution in [1.29, 1.82) is 0 Å². The zero-order valence-electron chi connectivity index (χ0n) is 24.5. The molecule has 0 bridgehead atoms. The molecule has 2 heterocycles. The minimum atomic E-state index is -5.36. The van der Waals surface area contributed by atoms with Gasteiger partial charge in [-0.2, -0.15) is 22.8 Å². The van der Waals surface area contributed by atoms with Crippen LogP contribution in [0, 0.1) is 25.5 Å². The molecule has 0 aliphatic heterocycles. The highest BCUT2D eigenvalue weighted by Crippen LogP contribution is 2.26. The molecular formula is C28H33F5N4O5Si. The highest BCUT2D eigenvalue weighted by Gasteiger charge is 2.43. The number of carbonyl (C=O) groups excluding carboxylic acids is 3. The molecule has 1 atom stereocenters. The lowest BCUT2D eigenvalue weighted by Gasteiger charge is -2.32. The molecule has 0 saturated carbocycles. The first-order chi connectivity index (χ1) is 19.8. The minimum absolute atomic E-state index is 0.124. The van der Waals surface area contributed by atoms with Crippen molar-refractivity contribution in [2.45, 2.75) is 71.2 Å². The number of rotatable bonds is 10. The van der Waals surface area contributed by atoms with E-state index >= 15 is 0 Å². The minimum Gasteiger partial charge on any atom is -0.473 e. The van der Waals surface area contributed by atoms with E-state index in [4.69, 9.17) is 4.74 Å². The van der Waals surface area contributed by atoms with Gasteiger partial charge in [-0.05, 0) is 51.0 Å². The van der Waals surface area contributed by atoms with Crippen LogP contribution >= 0.6 is 0 Å². The number of hydrogen-bond donors (Lipinski definition) is 2. The van der Waals surface area contributed by atoms with Gasteiger partial charge in [0.05, 0.1) is 27.9 Å². The number of pyridine rings is 1. The first-order valence-corrected chi connectivity index (χ1v) is 17.0. The Morgan fingerprint density at radius 1 is 1.05 bits per heavy atom. The summed E-state index contributed by atoms with van der Waals surface area (Å²) in [5.41, 5.74) is -0.135. The quantitative estimate of drug-likeness (QED) is 0.126. The molecule has 2 aromatic heterocycles. The number of esters is 1. The highest BCUT2D eigenvalue weighted by atomic mass is 28.3. The molecule has 0 radical (unpaired) electrons. The Morgan fingerprint density at radius 2 is 1.67 bits per heavy atom. The van der Waals surface area contributed by atoms with Crippen LogP contribution in [0.3, 0.4) is 0 Å². The number of hydrogen-bond acceptors (Lipinski definition) is 6. The van der Waals surface area contributed by atoms with E-state index < -0.39 is 56.0 Å². The van der Waals surface area contributed by atoms with E-state index in [0.717, 1.165) is 12.1 Å². The Hall–Kier alpha value is -4.01. The van der Waals surface area contributed by atoms with Crippen LogP contribution in [0.2, 0.25) is 25.7 Å². The second-order valence-electron chi connectivity index (χ2n) is 11.7. The van der Waals surface area contributed by atoms with Gasteiger partial charge in [0.2, 0.25) is 5.88 Å². The average Bonchev–Trinajstić information content (AvgIpc) is 3.20. The molecule has 0 saturated heterocycles. The lowest BCUT2D eigenvalue weighted by atomic mass is 9.98. The third kappa shape index (κ3) is 8.75. The van der Waals surface area contributed by atoms with Crippen molar-refractivity contribution < 1.29 is 45.8 Å². The Balaban J connectivity index is 1.84. The predicted molar refractivity (Wildman–Crippen MR) is 150 cm³/mol. The molecule has 15 heteroatoms. The Kier molecular flexibility index (Phi) is 9.88. The van der Waals surface area contributed by atoms with E-state index in [0.29, 0.717) is 17.1 Å². The van der Waals surface area contributed by atoms with Gasteiger partial charge in [-0.15, -0.1) is 0 Å². The summed E-state index contributed by atoms with van der Waals surface area (Å²) >= 11 is 0. The largest absolute Gasteiger partial charge is 0.491 e. The number of nitrogens with one attached hydrogen (secondary N) is 2. The van der Waals surface area contributed by atoms with E-state index in [1.807, 2.05) is 0 Å². The van der Waals surface area contributed by atoms with E-state index in [1.165, 1.54) is 17.5 Å². The number of aromatic nitrogens is 2. The van der Waals surface area contributed by atoms with Crippen LogP contribution in [-0.2, 0) is 16.1 Å². The summed E-state index contributed by atoms with van der Waals surface area (Å²) in [4.78, 5) is 36.8. The number of nitrogens with zero attached hydrogens (tertiary/aromatic N) is 2. The molecular weight excluding hydrogens is 595 g/mol. The van der Waals surface area contributed by atoms with Gasteiger partial charge in [0.15, 0.2) is 0 Å². The van der Waals surface area contributed by atoms with E-state index in [2.05, 4.69) is 40.1 Å². The molecule has 9 nitrogen and oxygen atoms in total. The number of alkyl carbamates (subject to hydrolysis) is 1. The van der Waals surface area contributed by atoms with E-state index in [1.54, 1.807) is 26.0 Å². The summed E-state index contributed by atoms with van der Waals surface area (Å²) in [5, 5.41) is 9.37. The molecule has 0 aliphatic carbocycles. The second-order valence-corrected chi connectivity index (χ2v) is 17.3. The SMILES string of the molecule is Cc1cc(OCc2c(F)cccc2F)n2nc(C)c(C(=O)NCC(C)(CC[Si](C)(C)C)NC(=O)OC(=O)C(F)(F)F)c2c1. The van der Waals surface area contributed by atoms with E-state index in [-0.39, 0.29) is 35.7 Å². The molecule has 0 spiro atoms. The number of aryl methyl sites for hydroxylation is 2. The standard InChI is InChI=1S/C28H33F5N4O5Si/c1-16-12-21-23(17(2)36-37(21)22(13-16)41-14-18-19(29)8-7-9-20(18)30)24(38)34-15-27(3,10-11-43(4,5)6)35-26(40)42-25(39)28(31,32)33/h7-9,12-13H,10-11,14-15H2,1-6H3,(H,34,38)(H,35,40). The first kappa shape index (κ1) is 33.5. The van der Waals surface area contributed by atoms with Gasteiger partial charge >= 0.3 is 18.2 Å². The van der Waals surface area contributed by atoms with Crippen molar-refractivity contribution in [2.75, 3.05) is 6.54 Å². The summed E-state index contributed by atoms with van der Waals surface area (Å²) < 4.78 is 76.9. The lowest BCUT2D eigenvalue weighted by molar-refractivity contribution is -0.193. The van der Waals surface area contributed by atoms with E-state index in [9.17, 15) is 36.3 Å². The summed E-state index contributed by atoms with van der Waals surface area (Å²) in [5.74, 6) is -4.70. The average molecular weight is 629 g/mol. The van der Waals surface area contributed by atoms with Gasteiger partial charge in [0, 0.05) is 20.7 Å². The first-order valence-electron chi connectivity index (χ1n) is 13.2. The fourth-order valence-corrected chi connectivity index (χ4v) is 5.48. The summed E-state index contributed by atoms with van der Waals surface area (Å²) in [7, 11) is -1.71. The van der Waals surface area contributed by atoms with Crippen molar-refractivity contribution in [1.82, 2.24) is 20.2 Å². The fraction of sp³-hybridized carbons (Fsp3) is 0.429. The normalized spacial score (nSPS) is 13.4. The van der Waals surface area contributed by atoms with Crippen LogP contribution in [0.4, 0.5) is 26.7 Å². The highest BCUT2D eigenvalue weighted by molar-refractivity contribution is 6.76. The van der Waals surface area contributed by atoms with Gasteiger partial charge in [-0.3, -0.25) is 4.79 Å². The van der Waals surface area contributed by atoms with Crippen molar-refractivity contribution in [2.24, 2.45) is 0 Å². The topological polar surface area (TPSA) is 111 Å². The van der Waals surface area contributed by atoms with Crippen LogP contribution in [0.25, 0.3) is 5.52 Å². The van der Waals surface area contributed by atoms with Crippen LogP contribution in [0.15, 0.2) is 30.3 Å². The number of fused-ring (bicyclic) bond motifs is 1. The summed E-state index contributed by atoms with van der Waals surface area (Å²) in [6.07, 6.45) is -6.67. The Labute approximate surface area is 245 Å². The van der Waals surface area contributed by atoms with Crippen LogP contribution in [-0.4, -0.2) is 53.9 Å². The Morgan fingerprint density at radius 3 is 2.26 bits per heavy atom. The number of halogens is 5. The van der Waals surface area contributed by atoms with Crippen LogP contribution in [0.5, 0.6) is 5.88 Å². The maximum Gasteiger partial charge on any atom is 0.491 e.